The molecule has 0 atom stereocenters. The fourth-order valence-electron chi connectivity index (χ4n) is 2.04. The number of nitrogens with zero attached hydrogens (tertiary/aromatic N) is 1. The number of benzene rings is 2. The number of anilines is 1. The van der Waals surface area contributed by atoms with Crippen molar-refractivity contribution < 1.29 is 19.1 Å². The molecule has 0 bridgehead atoms. The van der Waals surface area contributed by atoms with Gasteiger partial charge in [-0.25, -0.2) is 5.43 Å². The quantitative estimate of drug-likeness (QED) is 0.535. The van der Waals surface area contributed by atoms with Gasteiger partial charge in [0, 0.05) is 5.71 Å². The van der Waals surface area contributed by atoms with Crippen molar-refractivity contribution in [2.75, 3.05) is 19.0 Å². The number of hydrogen-bond acceptors (Lipinski definition) is 5. The molecular formula is C19H20ClN3O4. The normalized spacial score (nSPS) is 10.9. The highest BCUT2D eigenvalue weighted by Crippen LogP contribution is 2.20. The van der Waals surface area contributed by atoms with E-state index in [4.69, 9.17) is 21.1 Å². The maximum Gasteiger partial charge on any atom is 0.277 e. The van der Waals surface area contributed by atoms with Gasteiger partial charge in [0.05, 0.1) is 24.2 Å². The number of methoxy groups -OCH3 is 1. The summed E-state index contributed by atoms with van der Waals surface area (Å²) < 4.78 is 10.4. The standard InChI is InChI=1S/C19H20ClN3O4/c1-13(11-18(24)21-17-6-4-3-5-16(17)20)22-23-19(25)12-27-15-9-7-14(26-2)8-10-15/h3-10H,11-12H2,1-2H3,(H,21,24)(H,23,25)/b22-13-. The van der Waals surface area contributed by atoms with Gasteiger partial charge in [-0.15, -0.1) is 0 Å². The highest BCUT2D eigenvalue weighted by Gasteiger charge is 2.08. The predicted octanol–water partition coefficient (Wildman–Crippen LogP) is 3.25. The summed E-state index contributed by atoms with van der Waals surface area (Å²) in [5, 5.41) is 7.02. The van der Waals surface area contributed by atoms with Gasteiger partial charge >= 0.3 is 0 Å². The SMILES string of the molecule is COc1ccc(OCC(=O)N/N=C(/C)CC(=O)Nc2ccccc2Cl)cc1. The number of amides is 2. The minimum Gasteiger partial charge on any atom is -0.497 e. The van der Waals surface area contributed by atoms with Gasteiger partial charge in [0.15, 0.2) is 6.61 Å². The molecule has 0 aliphatic heterocycles. The van der Waals surface area contributed by atoms with Crippen LogP contribution in [0.4, 0.5) is 5.69 Å². The molecule has 0 aliphatic rings. The summed E-state index contributed by atoms with van der Waals surface area (Å²) in [4.78, 5) is 23.8. The van der Waals surface area contributed by atoms with E-state index < -0.39 is 5.91 Å². The van der Waals surface area contributed by atoms with E-state index in [9.17, 15) is 9.59 Å². The zero-order valence-electron chi connectivity index (χ0n) is 15.0. The molecule has 2 N–H and O–H groups in total. The molecular weight excluding hydrogens is 370 g/mol. The van der Waals surface area contributed by atoms with Crippen molar-refractivity contribution >= 4 is 34.8 Å². The van der Waals surface area contributed by atoms with E-state index in [0.717, 1.165) is 0 Å². The number of hydrogen-bond donors (Lipinski definition) is 2. The average Bonchev–Trinajstić information content (AvgIpc) is 2.67. The Labute approximate surface area is 162 Å². The van der Waals surface area contributed by atoms with Gasteiger partial charge in [0.1, 0.15) is 11.5 Å². The van der Waals surface area contributed by atoms with Crippen LogP contribution in [-0.2, 0) is 9.59 Å². The van der Waals surface area contributed by atoms with Crippen LogP contribution in [0.2, 0.25) is 5.02 Å². The number of rotatable bonds is 8. The van der Waals surface area contributed by atoms with Crippen LogP contribution in [0, 0.1) is 0 Å². The van der Waals surface area contributed by atoms with Crippen molar-refractivity contribution in [3.05, 3.63) is 53.6 Å². The number of nitrogens with one attached hydrogen (secondary N) is 2. The largest absolute Gasteiger partial charge is 0.497 e. The first-order valence-electron chi connectivity index (χ1n) is 8.11. The smallest absolute Gasteiger partial charge is 0.277 e. The highest BCUT2D eigenvalue weighted by atomic mass is 35.5. The lowest BCUT2D eigenvalue weighted by Gasteiger charge is -2.08. The first-order valence-corrected chi connectivity index (χ1v) is 8.49. The Morgan fingerprint density at radius 3 is 2.37 bits per heavy atom. The summed E-state index contributed by atoms with van der Waals surface area (Å²) in [5.74, 6) is 0.512. The third kappa shape index (κ3) is 6.99. The minimum absolute atomic E-state index is 0.0187. The van der Waals surface area contributed by atoms with Crippen molar-refractivity contribution in [3.63, 3.8) is 0 Å². The zero-order chi connectivity index (χ0) is 19.6. The molecule has 0 spiro atoms. The van der Waals surface area contributed by atoms with Gasteiger partial charge < -0.3 is 14.8 Å². The zero-order valence-corrected chi connectivity index (χ0v) is 15.7. The second kappa shape index (κ2) is 10.2. The summed E-state index contributed by atoms with van der Waals surface area (Å²) in [6.07, 6.45) is 0.0187. The average molecular weight is 390 g/mol. The molecule has 2 aromatic carbocycles. The lowest BCUT2D eigenvalue weighted by atomic mass is 10.2. The van der Waals surface area contributed by atoms with Crippen LogP contribution in [0.5, 0.6) is 11.5 Å². The maximum atomic E-state index is 12.0. The molecule has 0 aromatic heterocycles. The monoisotopic (exact) mass is 389 g/mol. The number of hydrazone groups is 1. The molecule has 8 heteroatoms. The molecule has 0 saturated carbocycles. The molecule has 2 rings (SSSR count). The maximum absolute atomic E-state index is 12.0. The Balaban J connectivity index is 1.75. The number of halogens is 1. The highest BCUT2D eigenvalue weighted by molar-refractivity contribution is 6.33. The van der Waals surface area contributed by atoms with Crippen LogP contribution in [-0.4, -0.2) is 31.2 Å². The fourth-order valence-corrected chi connectivity index (χ4v) is 2.22. The van der Waals surface area contributed by atoms with E-state index >= 15 is 0 Å². The van der Waals surface area contributed by atoms with Crippen LogP contribution < -0.4 is 20.2 Å². The lowest BCUT2D eigenvalue weighted by molar-refractivity contribution is -0.123. The van der Waals surface area contributed by atoms with E-state index in [-0.39, 0.29) is 18.9 Å². The first kappa shape index (κ1) is 20.3. The molecule has 0 radical (unpaired) electrons. The molecule has 0 saturated heterocycles. The van der Waals surface area contributed by atoms with Crippen molar-refractivity contribution in [1.82, 2.24) is 5.43 Å². The molecule has 27 heavy (non-hydrogen) atoms. The van der Waals surface area contributed by atoms with Crippen LogP contribution >= 0.6 is 11.6 Å². The fraction of sp³-hybridized carbons (Fsp3) is 0.211. The summed E-state index contributed by atoms with van der Waals surface area (Å²) in [6, 6.07) is 13.8. The first-order chi connectivity index (χ1) is 13.0. The third-order valence-corrected chi connectivity index (χ3v) is 3.69. The van der Waals surface area contributed by atoms with Gasteiger partial charge in [0.25, 0.3) is 5.91 Å². The van der Waals surface area contributed by atoms with E-state index in [1.54, 1.807) is 62.6 Å². The minimum atomic E-state index is -0.434. The molecule has 0 aliphatic carbocycles. The van der Waals surface area contributed by atoms with Crippen molar-refractivity contribution in [1.29, 1.82) is 0 Å². The van der Waals surface area contributed by atoms with Crippen LogP contribution in [0.25, 0.3) is 0 Å². The number of ether oxygens (including phenoxy) is 2. The summed E-state index contributed by atoms with van der Waals surface area (Å²) in [6.45, 7) is 1.44. The Bertz CT molecular complexity index is 822. The molecule has 0 fully saturated rings. The molecule has 0 heterocycles. The van der Waals surface area contributed by atoms with Crippen LogP contribution in [0.1, 0.15) is 13.3 Å². The summed E-state index contributed by atoms with van der Waals surface area (Å²) in [5.41, 5.74) is 3.31. The second-order valence-corrected chi connectivity index (χ2v) is 5.96. The Morgan fingerprint density at radius 1 is 1.04 bits per heavy atom. The summed E-state index contributed by atoms with van der Waals surface area (Å²) in [7, 11) is 1.57. The molecule has 2 amide bonds. The molecule has 142 valence electrons. The van der Waals surface area contributed by atoms with E-state index in [1.807, 2.05) is 0 Å². The molecule has 0 unspecified atom stereocenters. The third-order valence-electron chi connectivity index (χ3n) is 3.37. The Kier molecular flexibility index (Phi) is 7.63. The topological polar surface area (TPSA) is 89.0 Å². The van der Waals surface area contributed by atoms with Gasteiger partial charge in [-0.2, -0.15) is 5.10 Å². The van der Waals surface area contributed by atoms with E-state index in [1.165, 1.54) is 0 Å². The second-order valence-electron chi connectivity index (χ2n) is 5.55. The van der Waals surface area contributed by atoms with Crippen molar-refractivity contribution in [2.24, 2.45) is 5.10 Å². The van der Waals surface area contributed by atoms with Gasteiger partial charge in [0.2, 0.25) is 5.91 Å². The molecule has 2 aromatic rings. The Morgan fingerprint density at radius 2 is 1.70 bits per heavy atom. The predicted molar refractivity (Wildman–Crippen MR) is 104 cm³/mol. The van der Waals surface area contributed by atoms with Gasteiger partial charge in [-0.05, 0) is 43.3 Å². The Hall–Kier alpha value is -3.06. The number of carbonyl (C=O) groups is 2. The van der Waals surface area contributed by atoms with Gasteiger partial charge in [-0.3, -0.25) is 9.59 Å². The lowest BCUT2D eigenvalue weighted by Crippen LogP contribution is -2.26. The summed E-state index contributed by atoms with van der Waals surface area (Å²) >= 11 is 5.99. The number of carbonyl (C=O) groups excluding carboxylic acids is 2. The molecule has 7 nitrogen and oxygen atoms in total. The van der Waals surface area contributed by atoms with Crippen LogP contribution in [0.3, 0.4) is 0 Å². The number of para-hydroxylation sites is 1. The van der Waals surface area contributed by atoms with Crippen LogP contribution in [0.15, 0.2) is 53.6 Å². The van der Waals surface area contributed by atoms with E-state index in [2.05, 4.69) is 15.8 Å². The van der Waals surface area contributed by atoms with Crippen molar-refractivity contribution in [2.45, 2.75) is 13.3 Å². The van der Waals surface area contributed by atoms with Gasteiger partial charge in [-0.1, -0.05) is 23.7 Å². The van der Waals surface area contributed by atoms with E-state index in [0.29, 0.717) is 27.9 Å². The van der Waals surface area contributed by atoms with Crippen molar-refractivity contribution in [3.8, 4) is 11.5 Å².